The zero-order valence-electron chi connectivity index (χ0n) is 16.5. The molecule has 0 saturated carbocycles. The van der Waals surface area contributed by atoms with Crippen molar-refractivity contribution in [3.63, 3.8) is 0 Å². The van der Waals surface area contributed by atoms with Gasteiger partial charge in [0.15, 0.2) is 0 Å². The SMILES string of the molecule is COc1ccc(Cl)cc1S(=O)(=O)N[C@H](C)c1ccc(N2CCC(C)CC2)cc1. The highest BCUT2D eigenvalue weighted by Crippen LogP contribution is 2.29. The molecule has 1 aliphatic rings. The molecule has 2 aromatic carbocycles. The maximum Gasteiger partial charge on any atom is 0.244 e. The molecule has 1 saturated heterocycles. The zero-order valence-corrected chi connectivity index (χ0v) is 18.1. The van der Waals surface area contributed by atoms with E-state index in [0.717, 1.165) is 24.6 Å². The van der Waals surface area contributed by atoms with Crippen LogP contribution < -0.4 is 14.4 Å². The molecule has 152 valence electrons. The van der Waals surface area contributed by atoms with E-state index in [-0.39, 0.29) is 16.7 Å². The van der Waals surface area contributed by atoms with Crippen molar-refractivity contribution < 1.29 is 13.2 Å². The normalized spacial score (nSPS) is 16.8. The van der Waals surface area contributed by atoms with Crippen LogP contribution in [0.25, 0.3) is 0 Å². The molecule has 2 aromatic rings. The maximum absolute atomic E-state index is 12.8. The Kier molecular flexibility index (Phi) is 6.53. The number of piperidine rings is 1. The van der Waals surface area contributed by atoms with E-state index in [9.17, 15) is 8.42 Å². The Hall–Kier alpha value is -1.76. The number of nitrogens with zero attached hydrogens (tertiary/aromatic N) is 1. The van der Waals surface area contributed by atoms with E-state index in [1.165, 1.54) is 31.7 Å². The van der Waals surface area contributed by atoms with Gasteiger partial charge in [0.25, 0.3) is 0 Å². The van der Waals surface area contributed by atoms with Crippen molar-refractivity contribution in [3.05, 3.63) is 53.1 Å². The van der Waals surface area contributed by atoms with Gasteiger partial charge >= 0.3 is 0 Å². The topological polar surface area (TPSA) is 58.6 Å². The number of nitrogens with one attached hydrogen (secondary N) is 1. The van der Waals surface area contributed by atoms with Crippen LogP contribution in [0.1, 0.15) is 38.3 Å². The summed E-state index contributed by atoms with van der Waals surface area (Å²) >= 11 is 5.98. The maximum atomic E-state index is 12.8. The van der Waals surface area contributed by atoms with Crippen LogP contribution in [-0.2, 0) is 10.0 Å². The molecule has 0 aromatic heterocycles. The molecule has 0 spiro atoms. The third-order valence-electron chi connectivity index (χ3n) is 5.29. The van der Waals surface area contributed by atoms with Gasteiger partial charge in [0.05, 0.1) is 7.11 Å². The van der Waals surface area contributed by atoms with Gasteiger partial charge in [-0.1, -0.05) is 30.7 Å². The molecule has 5 nitrogen and oxygen atoms in total. The third kappa shape index (κ3) is 4.80. The summed E-state index contributed by atoms with van der Waals surface area (Å²) in [7, 11) is -2.34. The van der Waals surface area contributed by atoms with Gasteiger partial charge in [-0.25, -0.2) is 13.1 Å². The predicted molar refractivity (Wildman–Crippen MR) is 114 cm³/mol. The molecule has 1 fully saturated rings. The summed E-state index contributed by atoms with van der Waals surface area (Å²) in [6, 6.07) is 12.3. The minimum atomic E-state index is -3.78. The van der Waals surface area contributed by atoms with Crippen LogP contribution in [0.5, 0.6) is 5.75 Å². The lowest BCUT2D eigenvalue weighted by atomic mass is 9.98. The fraction of sp³-hybridized carbons (Fsp3) is 0.429. The Labute approximate surface area is 172 Å². The minimum Gasteiger partial charge on any atom is -0.495 e. The lowest BCUT2D eigenvalue weighted by Crippen LogP contribution is -2.32. The quantitative estimate of drug-likeness (QED) is 0.737. The molecule has 3 rings (SSSR count). The molecule has 1 N–H and O–H groups in total. The summed E-state index contributed by atoms with van der Waals surface area (Å²) in [6.07, 6.45) is 2.42. The summed E-state index contributed by atoms with van der Waals surface area (Å²) < 4.78 is 33.6. The number of anilines is 1. The van der Waals surface area contributed by atoms with Crippen LogP contribution in [0.4, 0.5) is 5.69 Å². The largest absolute Gasteiger partial charge is 0.495 e. The Morgan fingerprint density at radius 3 is 2.39 bits per heavy atom. The van der Waals surface area contributed by atoms with Crippen molar-refractivity contribution in [2.75, 3.05) is 25.1 Å². The van der Waals surface area contributed by atoms with Gasteiger partial charge in [-0.3, -0.25) is 0 Å². The molecule has 1 aliphatic heterocycles. The fourth-order valence-electron chi connectivity index (χ4n) is 3.47. The number of hydrogen-bond acceptors (Lipinski definition) is 4. The second kappa shape index (κ2) is 8.72. The summed E-state index contributed by atoms with van der Waals surface area (Å²) in [4.78, 5) is 2.42. The van der Waals surface area contributed by atoms with Gasteiger partial charge in [0, 0.05) is 29.8 Å². The lowest BCUT2D eigenvalue weighted by molar-refractivity contribution is 0.402. The number of methoxy groups -OCH3 is 1. The lowest BCUT2D eigenvalue weighted by Gasteiger charge is -2.32. The van der Waals surface area contributed by atoms with Crippen molar-refractivity contribution in [2.45, 2.75) is 37.6 Å². The van der Waals surface area contributed by atoms with Gasteiger partial charge in [0.2, 0.25) is 10.0 Å². The predicted octanol–water partition coefficient (Wildman–Crippen LogP) is 4.62. The van der Waals surface area contributed by atoms with Crippen molar-refractivity contribution in [1.82, 2.24) is 4.72 Å². The van der Waals surface area contributed by atoms with Crippen molar-refractivity contribution in [3.8, 4) is 5.75 Å². The van der Waals surface area contributed by atoms with Crippen molar-refractivity contribution >= 4 is 27.3 Å². The number of ether oxygens (including phenoxy) is 1. The van der Waals surface area contributed by atoms with Gasteiger partial charge in [0.1, 0.15) is 10.6 Å². The second-order valence-corrected chi connectivity index (χ2v) is 9.52. The van der Waals surface area contributed by atoms with Crippen LogP contribution >= 0.6 is 11.6 Å². The van der Waals surface area contributed by atoms with Crippen LogP contribution in [0, 0.1) is 5.92 Å². The molecule has 0 radical (unpaired) electrons. The van der Waals surface area contributed by atoms with E-state index in [1.54, 1.807) is 12.1 Å². The van der Waals surface area contributed by atoms with Gasteiger partial charge < -0.3 is 9.64 Å². The highest BCUT2D eigenvalue weighted by atomic mass is 35.5. The summed E-state index contributed by atoms with van der Waals surface area (Å²) in [5.74, 6) is 1.05. The average Bonchev–Trinajstić information content (AvgIpc) is 2.68. The molecule has 0 bridgehead atoms. The van der Waals surface area contributed by atoms with Crippen LogP contribution in [0.3, 0.4) is 0 Å². The van der Waals surface area contributed by atoms with Gasteiger partial charge in [-0.15, -0.1) is 0 Å². The fourth-order valence-corrected chi connectivity index (χ4v) is 5.13. The smallest absolute Gasteiger partial charge is 0.244 e. The first-order chi connectivity index (χ1) is 13.3. The van der Waals surface area contributed by atoms with E-state index >= 15 is 0 Å². The average molecular weight is 423 g/mol. The van der Waals surface area contributed by atoms with Crippen LogP contribution in [0.15, 0.2) is 47.4 Å². The number of hydrogen-bond donors (Lipinski definition) is 1. The highest BCUT2D eigenvalue weighted by Gasteiger charge is 2.23. The van der Waals surface area contributed by atoms with E-state index in [0.29, 0.717) is 5.02 Å². The minimum absolute atomic E-state index is 0.0356. The second-order valence-electron chi connectivity index (χ2n) is 7.40. The van der Waals surface area contributed by atoms with E-state index in [1.807, 2.05) is 19.1 Å². The monoisotopic (exact) mass is 422 g/mol. The summed E-state index contributed by atoms with van der Waals surface area (Å²) in [5, 5.41) is 0.342. The molecule has 7 heteroatoms. The Morgan fingerprint density at radius 2 is 1.79 bits per heavy atom. The number of rotatable bonds is 6. The highest BCUT2D eigenvalue weighted by molar-refractivity contribution is 7.89. The first-order valence-corrected chi connectivity index (χ1v) is 11.4. The van der Waals surface area contributed by atoms with E-state index in [4.69, 9.17) is 16.3 Å². The molecular weight excluding hydrogens is 396 g/mol. The van der Waals surface area contributed by atoms with Crippen molar-refractivity contribution in [2.24, 2.45) is 5.92 Å². The first kappa shape index (κ1) is 21.0. The molecule has 1 heterocycles. The van der Waals surface area contributed by atoms with Gasteiger partial charge in [-0.05, 0) is 61.6 Å². The van der Waals surface area contributed by atoms with E-state index in [2.05, 4.69) is 28.7 Å². The molecule has 0 aliphatic carbocycles. The summed E-state index contributed by atoms with van der Waals surface area (Å²) in [6.45, 7) is 6.25. The molecular formula is C21H27ClN2O3S. The molecule has 1 atom stereocenters. The standard InChI is InChI=1S/C21H27ClN2O3S/c1-15-10-12-24(13-11-15)19-7-4-17(5-8-19)16(2)23-28(25,26)21-14-18(22)6-9-20(21)27-3/h4-9,14-16,23H,10-13H2,1-3H3/t16-/m1/s1. The first-order valence-electron chi connectivity index (χ1n) is 9.51. The van der Waals surface area contributed by atoms with Crippen LogP contribution in [0.2, 0.25) is 5.02 Å². The Bertz CT molecular complexity index is 908. The molecule has 0 amide bonds. The number of sulfonamides is 1. The Balaban J connectivity index is 1.74. The van der Waals surface area contributed by atoms with E-state index < -0.39 is 10.0 Å². The third-order valence-corrected chi connectivity index (χ3v) is 7.09. The van der Waals surface area contributed by atoms with Crippen molar-refractivity contribution in [1.29, 1.82) is 0 Å². The summed E-state index contributed by atoms with van der Waals surface area (Å²) in [5.41, 5.74) is 2.08. The molecule has 0 unspecified atom stereocenters. The molecule has 28 heavy (non-hydrogen) atoms. The number of halogens is 1. The van der Waals surface area contributed by atoms with Gasteiger partial charge in [-0.2, -0.15) is 0 Å². The zero-order chi connectivity index (χ0) is 20.3. The Morgan fingerprint density at radius 1 is 1.14 bits per heavy atom. The number of benzene rings is 2. The van der Waals surface area contributed by atoms with Crippen LogP contribution in [-0.4, -0.2) is 28.6 Å².